The maximum Gasteiger partial charge on any atom is 0.0525 e. The summed E-state index contributed by atoms with van der Waals surface area (Å²) in [5.74, 6) is 0.579. The number of thiophene rings is 1. The molecule has 0 N–H and O–H groups in total. The highest BCUT2D eigenvalue weighted by molar-refractivity contribution is 7.10. The van der Waals surface area contributed by atoms with Crippen molar-refractivity contribution in [3.63, 3.8) is 0 Å². The number of hydrogen-bond acceptors (Lipinski definition) is 2. The summed E-state index contributed by atoms with van der Waals surface area (Å²) < 4.78 is 0. The summed E-state index contributed by atoms with van der Waals surface area (Å²) in [5.41, 5.74) is 4.00. The lowest BCUT2D eigenvalue weighted by Gasteiger charge is -2.36. The molecule has 0 radical (unpaired) electrons. The second kappa shape index (κ2) is 4.94. The molecule has 3 rings (SSSR count). The topological polar surface area (TPSA) is 3.24 Å². The summed E-state index contributed by atoms with van der Waals surface area (Å²) in [5, 5.41) is 2.21. The van der Waals surface area contributed by atoms with Crippen LogP contribution < -0.4 is 4.90 Å². The Morgan fingerprint density at radius 2 is 2.17 bits per heavy atom. The van der Waals surface area contributed by atoms with Crippen molar-refractivity contribution in [1.29, 1.82) is 0 Å². The Hall–Kier alpha value is -0.990. The molecule has 3 heteroatoms. The van der Waals surface area contributed by atoms with Gasteiger partial charge in [-0.1, -0.05) is 18.2 Å². The fourth-order valence-electron chi connectivity index (χ4n) is 2.74. The van der Waals surface area contributed by atoms with Gasteiger partial charge in [0, 0.05) is 23.0 Å². The molecule has 0 spiro atoms. The largest absolute Gasteiger partial charge is 0.364 e. The van der Waals surface area contributed by atoms with Crippen LogP contribution in [0.1, 0.15) is 29.0 Å². The average molecular weight is 278 g/mol. The SMILES string of the molecule is CC1c2ccsc2CCN1c1ccccc1CCl. The van der Waals surface area contributed by atoms with Crippen LogP contribution in [0.25, 0.3) is 0 Å². The Balaban J connectivity index is 1.99. The predicted molar refractivity (Wildman–Crippen MR) is 79.8 cm³/mol. The molecule has 18 heavy (non-hydrogen) atoms. The van der Waals surface area contributed by atoms with Crippen molar-refractivity contribution >= 4 is 28.6 Å². The van der Waals surface area contributed by atoms with Gasteiger partial charge in [0.1, 0.15) is 0 Å². The van der Waals surface area contributed by atoms with E-state index >= 15 is 0 Å². The van der Waals surface area contributed by atoms with E-state index in [1.807, 2.05) is 11.3 Å². The number of rotatable bonds is 2. The Morgan fingerprint density at radius 1 is 1.33 bits per heavy atom. The maximum atomic E-state index is 6.05. The molecule has 1 atom stereocenters. The summed E-state index contributed by atoms with van der Waals surface area (Å²) in [6.45, 7) is 3.37. The molecular weight excluding hydrogens is 262 g/mol. The van der Waals surface area contributed by atoms with E-state index in [9.17, 15) is 0 Å². The molecule has 0 saturated heterocycles. The third kappa shape index (κ3) is 1.94. The van der Waals surface area contributed by atoms with E-state index in [0.29, 0.717) is 11.9 Å². The summed E-state index contributed by atoms with van der Waals surface area (Å²) >= 11 is 7.94. The van der Waals surface area contributed by atoms with E-state index in [4.69, 9.17) is 11.6 Å². The molecule has 1 aromatic heterocycles. The molecule has 0 fully saturated rings. The van der Waals surface area contributed by atoms with Crippen LogP contribution in [0, 0.1) is 0 Å². The van der Waals surface area contributed by atoms with Gasteiger partial charge in [-0.3, -0.25) is 0 Å². The monoisotopic (exact) mass is 277 g/mol. The number of benzene rings is 1. The number of anilines is 1. The standard InChI is InChI=1S/C15H16ClNS/c1-11-13-7-9-18-15(13)6-8-17(11)14-5-3-2-4-12(14)10-16/h2-5,7,9,11H,6,8,10H2,1H3. The maximum absolute atomic E-state index is 6.05. The predicted octanol–water partition coefficient (Wildman–Crippen LogP) is 4.61. The number of fused-ring (bicyclic) bond motifs is 1. The molecule has 0 aliphatic carbocycles. The number of para-hydroxylation sites is 1. The molecule has 0 saturated carbocycles. The molecule has 1 aliphatic heterocycles. The Bertz CT molecular complexity index is 549. The lowest BCUT2D eigenvalue weighted by Crippen LogP contribution is -2.33. The van der Waals surface area contributed by atoms with Gasteiger partial charge in [0.2, 0.25) is 0 Å². The first-order valence-corrected chi connectivity index (χ1v) is 7.69. The lowest BCUT2D eigenvalue weighted by atomic mass is 9.99. The minimum absolute atomic E-state index is 0.448. The van der Waals surface area contributed by atoms with Gasteiger partial charge in [-0.25, -0.2) is 0 Å². The molecule has 1 nitrogen and oxygen atoms in total. The first kappa shape index (κ1) is 12.1. The Morgan fingerprint density at radius 3 is 3.00 bits per heavy atom. The average Bonchev–Trinajstić information content (AvgIpc) is 2.88. The van der Waals surface area contributed by atoms with Crippen LogP contribution in [0.15, 0.2) is 35.7 Å². The van der Waals surface area contributed by atoms with E-state index < -0.39 is 0 Å². The van der Waals surface area contributed by atoms with Gasteiger partial charge >= 0.3 is 0 Å². The van der Waals surface area contributed by atoms with E-state index in [0.717, 1.165) is 13.0 Å². The van der Waals surface area contributed by atoms with Crippen LogP contribution in [-0.4, -0.2) is 6.54 Å². The summed E-state index contributed by atoms with van der Waals surface area (Å²) in [7, 11) is 0. The van der Waals surface area contributed by atoms with Crippen LogP contribution in [0.3, 0.4) is 0 Å². The van der Waals surface area contributed by atoms with Crippen molar-refractivity contribution in [2.24, 2.45) is 0 Å². The van der Waals surface area contributed by atoms with Crippen LogP contribution in [0.5, 0.6) is 0 Å². The smallest absolute Gasteiger partial charge is 0.0525 e. The van der Waals surface area contributed by atoms with Gasteiger partial charge in [0.05, 0.1) is 6.04 Å². The molecule has 2 aromatic rings. The Labute approximate surface area is 117 Å². The molecule has 0 amide bonds. The van der Waals surface area contributed by atoms with Crippen molar-refractivity contribution in [2.75, 3.05) is 11.4 Å². The van der Waals surface area contributed by atoms with E-state index in [-0.39, 0.29) is 0 Å². The van der Waals surface area contributed by atoms with Gasteiger partial charge in [-0.15, -0.1) is 22.9 Å². The fraction of sp³-hybridized carbons (Fsp3) is 0.333. The van der Waals surface area contributed by atoms with Crippen molar-refractivity contribution in [3.8, 4) is 0 Å². The molecule has 1 aromatic carbocycles. The normalized spacial score (nSPS) is 18.8. The second-order valence-electron chi connectivity index (χ2n) is 4.68. The van der Waals surface area contributed by atoms with Crippen molar-refractivity contribution in [1.82, 2.24) is 0 Å². The zero-order valence-corrected chi connectivity index (χ0v) is 12.0. The first-order chi connectivity index (χ1) is 8.81. The van der Waals surface area contributed by atoms with Crippen molar-refractivity contribution in [2.45, 2.75) is 25.3 Å². The van der Waals surface area contributed by atoms with Crippen molar-refractivity contribution < 1.29 is 0 Å². The summed E-state index contributed by atoms with van der Waals surface area (Å²) in [6.07, 6.45) is 1.15. The van der Waals surface area contributed by atoms with E-state index in [2.05, 4.69) is 47.5 Å². The lowest BCUT2D eigenvalue weighted by molar-refractivity contribution is 0.631. The van der Waals surface area contributed by atoms with Crippen LogP contribution in [-0.2, 0) is 12.3 Å². The fourth-order valence-corrected chi connectivity index (χ4v) is 3.93. The molecule has 2 heterocycles. The third-order valence-corrected chi connectivity index (χ3v) is 5.01. The number of halogens is 1. The minimum atomic E-state index is 0.448. The van der Waals surface area contributed by atoms with Gasteiger partial charge < -0.3 is 4.90 Å². The first-order valence-electron chi connectivity index (χ1n) is 6.28. The zero-order valence-electron chi connectivity index (χ0n) is 10.4. The Kier molecular flexibility index (Phi) is 3.31. The third-order valence-electron chi connectivity index (χ3n) is 3.72. The number of nitrogens with zero attached hydrogens (tertiary/aromatic N) is 1. The van der Waals surface area contributed by atoms with E-state index in [1.54, 1.807) is 4.88 Å². The number of alkyl halides is 1. The van der Waals surface area contributed by atoms with Gasteiger partial charge in [-0.05, 0) is 42.0 Å². The molecular formula is C15H16ClNS. The highest BCUT2D eigenvalue weighted by Crippen LogP contribution is 2.37. The highest BCUT2D eigenvalue weighted by Gasteiger charge is 2.25. The van der Waals surface area contributed by atoms with Crippen LogP contribution in [0.4, 0.5) is 5.69 Å². The second-order valence-corrected chi connectivity index (χ2v) is 5.95. The van der Waals surface area contributed by atoms with Gasteiger partial charge in [0.15, 0.2) is 0 Å². The van der Waals surface area contributed by atoms with Gasteiger partial charge in [0.25, 0.3) is 0 Å². The number of hydrogen-bond donors (Lipinski definition) is 0. The van der Waals surface area contributed by atoms with E-state index in [1.165, 1.54) is 16.8 Å². The minimum Gasteiger partial charge on any atom is -0.364 e. The summed E-state index contributed by atoms with van der Waals surface area (Å²) in [6, 6.07) is 11.2. The quantitative estimate of drug-likeness (QED) is 0.725. The molecule has 0 bridgehead atoms. The molecule has 1 unspecified atom stereocenters. The summed E-state index contributed by atoms with van der Waals surface area (Å²) in [4.78, 5) is 4.02. The van der Waals surface area contributed by atoms with Crippen LogP contribution in [0.2, 0.25) is 0 Å². The van der Waals surface area contributed by atoms with Crippen LogP contribution >= 0.6 is 22.9 Å². The highest BCUT2D eigenvalue weighted by atomic mass is 35.5. The van der Waals surface area contributed by atoms with Gasteiger partial charge in [-0.2, -0.15) is 0 Å². The van der Waals surface area contributed by atoms with Crippen molar-refractivity contribution in [3.05, 3.63) is 51.7 Å². The zero-order chi connectivity index (χ0) is 12.5. The molecule has 1 aliphatic rings. The molecule has 94 valence electrons.